The highest BCUT2D eigenvalue weighted by Crippen LogP contribution is 2.30. The number of hydrogen-bond donors (Lipinski definition) is 1. The van der Waals surface area contributed by atoms with Crippen LogP contribution in [0, 0.1) is 12.7 Å². The fourth-order valence-electron chi connectivity index (χ4n) is 2.23. The number of hydrogen-bond acceptors (Lipinski definition) is 3. The van der Waals surface area contributed by atoms with Gasteiger partial charge < -0.3 is 5.32 Å². The van der Waals surface area contributed by atoms with Gasteiger partial charge in [-0.05, 0) is 37.9 Å². The molecule has 1 unspecified atom stereocenters. The second-order valence-corrected chi connectivity index (χ2v) is 5.57. The first-order valence-electron chi connectivity index (χ1n) is 6.19. The molecule has 94 valence electrons. The molecular formula is C14H15FN2S. The topological polar surface area (TPSA) is 24.9 Å². The summed E-state index contributed by atoms with van der Waals surface area (Å²) in [6.07, 6.45) is 2.36. The molecule has 0 radical (unpaired) electrons. The first kappa shape index (κ1) is 11.8. The minimum absolute atomic E-state index is 0.166. The van der Waals surface area contributed by atoms with E-state index in [-0.39, 0.29) is 5.82 Å². The van der Waals surface area contributed by atoms with Crippen LogP contribution in [0.2, 0.25) is 0 Å². The fourth-order valence-corrected chi connectivity index (χ4v) is 3.17. The number of rotatable bonds is 2. The van der Waals surface area contributed by atoms with Crippen LogP contribution in [-0.2, 0) is 0 Å². The van der Waals surface area contributed by atoms with Gasteiger partial charge in [-0.15, -0.1) is 11.3 Å². The number of aryl methyl sites for hydroxylation is 1. The van der Waals surface area contributed by atoms with Crippen LogP contribution < -0.4 is 5.32 Å². The maximum Gasteiger partial charge on any atom is 0.126 e. The molecule has 3 rings (SSSR count). The summed E-state index contributed by atoms with van der Waals surface area (Å²) in [6, 6.07) is 5.69. The molecule has 1 atom stereocenters. The third-order valence-corrected chi connectivity index (χ3v) is 4.31. The number of benzene rings is 1. The van der Waals surface area contributed by atoms with Crippen LogP contribution in [0.5, 0.6) is 0 Å². The van der Waals surface area contributed by atoms with E-state index < -0.39 is 0 Å². The third-order valence-electron chi connectivity index (χ3n) is 3.35. The van der Waals surface area contributed by atoms with Crippen LogP contribution in [0.3, 0.4) is 0 Å². The summed E-state index contributed by atoms with van der Waals surface area (Å²) >= 11 is 1.66. The number of halogens is 1. The smallest absolute Gasteiger partial charge is 0.126 e. The minimum Gasteiger partial charge on any atom is -0.308 e. The predicted molar refractivity (Wildman–Crippen MR) is 72.2 cm³/mol. The van der Waals surface area contributed by atoms with E-state index >= 15 is 0 Å². The van der Waals surface area contributed by atoms with Gasteiger partial charge in [-0.2, -0.15) is 0 Å². The van der Waals surface area contributed by atoms with Crippen molar-refractivity contribution in [1.29, 1.82) is 0 Å². The zero-order valence-electron chi connectivity index (χ0n) is 10.2. The number of aromatic nitrogens is 1. The largest absolute Gasteiger partial charge is 0.308 e. The highest BCUT2D eigenvalue weighted by molar-refractivity contribution is 7.10. The number of nitrogens with one attached hydrogen (secondary N) is 1. The first-order valence-corrected chi connectivity index (χ1v) is 7.07. The molecular weight excluding hydrogens is 247 g/mol. The third kappa shape index (κ3) is 2.18. The Morgan fingerprint density at radius 1 is 1.44 bits per heavy atom. The normalized spacial score (nSPS) is 19.3. The summed E-state index contributed by atoms with van der Waals surface area (Å²) in [7, 11) is 0. The molecule has 1 saturated heterocycles. The lowest BCUT2D eigenvalue weighted by atomic mass is 10.1. The van der Waals surface area contributed by atoms with Gasteiger partial charge in [0, 0.05) is 10.9 Å². The summed E-state index contributed by atoms with van der Waals surface area (Å²) in [5.74, 6) is -0.166. The SMILES string of the molecule is Cc1ccc(-c2csc(C3CCCN3)n2)cc1F. The second-order valence-electron chi connectivity index (χ2n) is 4.68. The highest BCUT2D eigenvalue weighted by Gasteiger charge is 2.19. The van der Waals surface area contributed by atoms with Crippen LogP contribution in [-0.4, -0.2) is 11.5 Å². The second kappa shape index (κ2) is 4.78. The maximum absolute atomic E-state index is 13.5. The molecule has 2 aromatic rings. The Bertz CT molecular complexity index is 559. The molecule has 1 fully saturated rings. The molecule has 1 aromatic heterocycles. The monoisotopic (exact) mass is 262 g/mol. The Morgan fingerprint density at radius 2 is 2.33 bits per heavy atom. The number of nitrogens with zero attached hydrogens (tertiary/aromatic N) is 1. The molecule has 0 aliphatic carbocycles. The van der Waals surface area contributed by atoms with Gasteiger partial charge in [0.15, 0.2) is 0 Å². The standard InChI is InChI=1S/C14H15FN2S/c1-9-4-5-10(7-11(9)15)13-8-18-14(17-13)12-3-2-6-16-12/h4-5,7-8,12,16H,2-3,6H2,1H3. The number of thiazole rings is 1. The van der Waals surface area contributed by atoms with Crippen LogP contribution in [0.15, 0.2) is 23.6 Å². The molecule has 1 N–H and O–H groups in total. The molecule has 1 aliphatic rings. The van der Waals surface area contributed by atoms with E-state index in [1.165, 1.54) is 6.42 Å². The van der Waals surface area contributed by atoms with Gasteiger partial charge in [-0.3, -0.25) is 0 Å². The maximum atomic E-state index is 13.5. The fraction of sp³-hybridized carbons (Fsp3) is 0.357. The molecule has 1 aromatic carbocycles. The van der Waals surface area contributed by atoms with Gasteiger partial charge in [0.25, 0.3) is 0 Å². The minimum atomic E-state index is -0.166. The van der Waals surface area contributed by atoms with Crippen molar-refractivity contribution in [3.05, 3.63) is 40.0 Å². The van der Waals surface area contributed by atoms with Crippen LogP contribution in [0.25, 0.3) is 11.3 Å². The molecule has 2 nitrogen and oxygen atoms in total. The van der Waals surface area contributed by atoms with Crippen molar-refractivity contribution < 1.29 is 4.39 Å². The van der Waals surface area contributed by atoms with Crippen LogP contribution in [0.4, 0.5) is 4.39 Å². The quantitative estimate of drug-likeness (QED) is 0.893. The van der Waals surface area contributed by atoms with Gasteiger partial charge in [0.05, 0.1) is 11.7 Å². The summed E-state index contributed by atoms with van der Waals surface area (Å²) in [5.41, 5.74) is 2.41. The van der Waals surface area contributed by atoms with E-state index in [1.807, 2.05) is 11.4 Å². The van der Waals surface area contributed by atoms with Gasteiger partial charge in [0.1, 0.15) is 10.8 Å². The summed E-state index contributed by atoms with van der Waals surface area (Å²) in [4.78, 5) is 4.62. The van der Waals surface area contributed by atoms with Crippen molar-refractivity contribution in [2.45, 2.75) is 25.8 Å². The zero-order chi connectivity index (χ0) is 12.5. The molecule has 0 saturated carbocycles. The molecule has 0 bridgehead atoms. The van der Waals surface area contributed by atoms with Crippen molar-refractivity contribution in [1.82, 2.24) is 10.3 Å². The summed E-state index contributed by atoms with van der Waals surface area (Å²) in [6.45, 7) is 2.84. The lowest BCUT2D eigenvalue weighted by Gasteiger charge is -2.04. The van der Waals surface area contributed by atoms with E-state index in [0.29, 0.717) is 11.6 Å². The highest BCUT2D eigenvalue weighted by atomic mass is 32.1. The molecule has 0 amide bonds. The van der Waals surface area contributed by atoms with Crippen molar-refractivity contribution in [3.8, 4) is 11.3 Å². The lowest BCUT2D eigenvalue weighted by Crippen LogP contribution is -2.12. The zero-order valence-corrected chi connectivity index (χ0v) is 11.1. The van der Waals surface area contributed by atoms with Crippen molar-refractivity contribution in [2.75, 3.05) is 6.54 Å². The van der Waals surface area contributed by atoms with E-state index in [1.54, 1.807) is 30.4 Å². The van der Waals surface area contributed by atoms with Crippen molar-refractivity contribution in [3.63, 3.8) is 0 Å². The van der Waals surface area contributed by atoms with E-state index in [4.69, 9.17) is 0 Å². The Hall–Kier alpha value is -1.26. The first-order chi connectivity index (χ1) is 8.74. The van der Waals surface area contributed by atoms with Gasteiger partial charge in [0.2, 0.25) is 0 Å². The Morgan fingerprint density at radius 3 is 3.06 bits per heavy atom. The van der Waals surface area contributed by atoms with Gasteiger partial charge in [-0.1, -0.05) is 12.1 Å². The Balaban J connectivity index is 1.89. The predicted octanol–water partition coefficient (Wildman–Crippen LogP) is 3.68. The Kier molecular flexibility index (Phi) is 3.14. The van der Waals surface area contributed by atoms with Gasteiger partial charge in [-0.25, -0.2) is 9.37 Å². The van der Waals surface area contributed by atoms with Crippen molar-refractivity contribution >= 4 is 11.3 Å². The molecule has 4 heteroatoms. The molecule has 0 spiro atoms. The van der Waals surface area contributed by atoms with E-state index in [9.17, 15) is 4.39 Å². The van der Waals surface area contributed by atoms with E-state index in [2.05, 4.69) is 10.3 Å². The molecule has 1 aliphatic heterocycles. The average Bonchev–Trinajstić information content (AvgIpc) is 3.01. The van der Waals surface area contributed by atoms with Crippen LogP contribution >= 0.6 is 11.3 Å². The molecule has 2 heterocycles. The average molecular weight is 262 g/mol. The Labute approximate surface area is 110 Å². The van der Waals surface area contributed by atoms with E-state index in [0.717, 1.165) is 29.2 Å². The van der Waals surface area contributed by atoms with Crippen LogP contribution in [0.1, 0.15) is 29.5 Å². The summed E-state index contributed by atoms with van der Waals surface area (Å²) in [5, 5.41) is 6.56. The van der Waals surface area contributed by atoms with Crippen molar-refractivity contribution in [2.24, 2.45) is 0 Å². The summed E-state index contributed by atoms with van der Waals surface area (Å²) < 4.78 is 13.5. The van der Waals surface area contributed by atoms with Gasteiger partial charge >= 0.3 is 0 Å². The molecule has 18 heavy (non-hydrogen) atoms. The lowest BCUT2D eigenvalue weighted by molar-refractivity contribution is 0.619.